The molecule has 0 bridgehead atoms. The minimum absolute atomic E-state index is 0.139. The second-order valence-electron chi connectivity index (χ2n) is 5.82. The third-order valence-electron chi connectivity index (χ3n) is 4.11. The molecule has 2 rings (SSSR count). The van der Waals surface area contributed by atoms with Crippen LogP contribution in [0.2, 0.25) is 5.02 Å². The molecule has 0 aliphatic carbocycles. The van der Waals surface area contributed by atoms with Crippen LogP contribution in [0.3, 0.4) is 0 Å². The van der Waals surface area contributed by atoms with E-state index >= 15 is 0 Å². The van der Waals surface area contributed by atoms with Gasteiger partial charge in [0.2, 0.25) is 0 Å². The first-order valence-corrected chi connectivity index (χ1v) is 11.3. The van der Waals surface area contributed by atoms with Gasteiger partial charge in [-0.3, -0.25) is 4.72 Å². The minimum Gasteiger partial charge on any atom is -0.449 e. The van der Waals surface area contributed by atoms with Crippen LogP contribution in [0, 0.1) is 6.92 Å². The summed E-state index contributed by atoms with van der Waals surface area (Å²) in [6.07, 6.45) is 0.0509. The molecule has 0 saturated carbocycles. The van der Waals surface area contributed by atoms with Crippen molar-refractivity contribution in [1.82, 2.24) is 4.90 Å². The molecule has 0 unspecified atom stereocenters. The lowest BCUT2D eigenvalue weighted by Gasteiger charge is -2.18. The Hall–Kier alpha value is -1.77. The maximum atomic E-state index is 12.7. The fourth-order valence-corrected chi connectivity index (χ4v) is 5.00. The highest BCUT2D eigenvalue weighted by molar-refractivity contribution is 7.92. The number of ether oxygens (including phenoxy) is 1. The molecule has 2 aromatic rings. The van der Waals surface area contributed by atoms with Gasteiger partial charge in [0.05, 0.1) is 17.2 Å². The molecule has 1 heterocycles. The second-order valence-corrected chi connectivity index (χ2v) is 8.62. The molecule has 27 heavy (non-hydrogen) atoms. The minimum atomic E-state index is -3.77. The quantitative estimate of drug-likeness (QED) is 0.667. The molecule has 1 amide bonds. The number of amides is 1. The van der Waals surface area contributed by atoms with E-state index in [9.17, 15) is 13.2 Å². The van der Waals surface area contributed by atoms with Crippen LogP contribution >= 0.6 is 22.9 Å². The average Bonchev–Trinajstić information content (AvgIpc) is 3.04. The van der Waals surface area contributed by atoms with Crippen LogP contribution in [-0.4, -0.2) is 39.1 Å². The number of anilines is 1. The predicted octanol–water partition coefficient (Wildman–Crippen LogP) is 4.53. The summed E-state index contributed by atoms with van der Waals surface area (Å²) in [4.78, 5) is 13.6. The molecule has 0 aliphatic heterocycles. The number of benzene rings is 1. The van der Waals surface area contributed by atoms with E-state index in [1.165, 1.54) is 17.4 Å². The summed E-state index contributed by atoms with van der Waals surface area (Å²) in [6, 6.07) is 4.77. The third kappa shape index (κ3) is 5.37. The molecule has 0 spiro atoms. The number of nitrogens with zero attached hydrogens (tertiary/aromatic N) is 1. The number of carbonyl (C=O) groups excluding carboxylic acids is 1. The molecule has 0 fully saturated rings. The number of sulfonamides is 1. The van der Waals surface area contributed by atoms with Gasteiger partial charge in [-0.05, 0) is 49.4 Å². The fourth-order valence-electron chi connectivity index (χ4n) is 2.51. The molecule has 148 valence electrons. The maximum Gasteiger partial charge on any atom is 0.409 e. The van der Waals surface area contributed by atoms with Gasteiger partial charge in [0.15, 0.2) is 0 Å². The van der Waals surface area contributed by atoms with E-state index in [0.717, 1.165) is 5.56 Å². The van der Waals surface area contributed by atoms with Crippen LogP contribution in [0.1, 0.15) is 25.0 Å². The highest BCUT2D eigenvalue weighted by atomic mass is 35.5. The monoisotopic (exact) mass is 430 g/mol. The number of nitrogens with one attached hydrogen (secondary N) is 1. The topological polar surface area (TPSA) is 75.7 Å². The van der Waals surface area contributed by atoms with Crippen molar-refractivity contribution in [3.63, 3.8) is 0 Å². The third-order valence-corrected chi connectivity index (χ3v) is 6.82. The van der Waals surface area contributed by atoms with Gasteiger partial charge in [-0.1, -0.05) is 17.7 Å². The van der Waals surface area contributed by atoms with Crippen LogP contribution in [0.4, 0.5) is 10.5 Å². The molecular formula is C18H23ClN2O4S2. The molecule has 0 saturated heterocycles. The zero-order valence-corrected chi connectivity index (χ0v) is 17.9. The second kappa shape index (κ2) is 9.43. The van der Waals surface area contributed by atoms with Crippen LogP contribution in [0.15, 0.2) is 33.9 Å². The van der Waals surface area contributed by atoms with Crippen LogP contribution in [0.5, 0.6) is 0 Å². The lowest BCUT2D eigenvalue weighted by atomic mass is 10.2. The first-order valence-electron chi connectivity index (χ1n) is 8.54. The normalized spacial score (nSPS) is 11.3. The Balaban J connectivity index is 2.06. The maximum absolute atomic E-state index is 12.7. The smallest absolute Gasteiger partial charge is 0.409 e. The SMILES string of the molecule is CCN(CC)C(=O)OCCc1cscc1NS(=O)(=O)c1cccc(Cl)c1C. The predicted molar refractivity (Wildman–Crippen MR) is 109 cm³/mol. The van der Waals surface area contributed by atoms with Crippen molar-refractivity contribution in [3.8, 4) is 0 Å². The Morgan fingerprint density at radius 3 is 2.63 bits per heavy atom. The Kier molecular flexibility index (Phi) is 7.52. The van der Waals surface area contributed by atoms with Crippen LogP contribution in [-0.2, 0) is 21.2 Å². The highest BCUT2D eigenvalue weighted by Crippen LogP contribution is 2.28. The number of halogens is 1. The van der Waals surface area contributed by atoms with Gasteiger partial charge in [-0.25, -0.2) is 13.2 Å². The summed E-state index contributed by atoms with van der Waals surface area (Å²) in [5.41, 5.74) is 1.76. The lowest BCUT2D eigenvalue weighted by Crippen LogP contribution is -2.31. The van der Waals surface area contributed by atoms with Gasteiger partial charge in [0.25, 0.3) is 10.0 Å². The van der Waals surface area contributed by atoms with Crippen molar-refractivity contribution >= 4 is 44.7 Å². The Morgan fingerprint density at radius 1 is 1.26 bits per heavy atom. The van der Waals surface area contributed by atoms with Gasteiger partial charge >= 0.3 is 6.09 Å². The van der Waals surface area contributed by atoms with Crippen LogP contribution < -0.4 is 4.72 Å². The number of hydrogen-bond acceptors (Lipinski definition) is 5. The van der Waals surface area contributed by atoms with E-state index in [2.05, 4.69) is 4.72 Å². The number of hydrogen-bond donors (Lipinski definition) is 1. The van der Waals surface area contributed by atoms with E-state index in [-0.39, 0.29) is 17.6 Å². The summed E-state index contributed by atoms with van der Waals surface area (Å²) in [6.45, 7) is 6.77. The Bertz CT molecular complexity index is 893. The molecule has 0 radical (unpaired) electrons. The number of thiophene rings is 1. The Labute approximate surface area is 169 Å². The molecule has 0 atom stereocenters. The molecular weight excluding hydrogens is 408 g/mol. The van der Waals surface area contributed by atoms with Gasteiger partial charge in [-0.2, -0.15) is 0 Å². The van der Waals surface area contributed by atoms with E-state index in [0.29, 0.717) is 35.8 Å². The molecule has 0 aliphatic rings. The summed E-state index contributed by atoms with van der Waals surface area (Å²) < 4.78 is 33.3. The first kappa shape index (κ1) is 21.5. The van der Waals surface area contributed by atoms with Crippen molar-refractivity contribution in [2.45, 2.75) is 32.1 Å². The van der Waals surface area contributed by atoms with Gasteiger partial charge in [0.1, 0.15) is 0 Å². The highest BCUT2D eigenvalue weighted by Gasteiger charge is 2.20. The van der Waals surface area contributed by atoms with Gasteiger partial charge in [0, 0.05) is 29.9 Å². The summed E-state index contributed by atoms with van der Waals surface area (Å²) in [5, 5.41) is 3.96. The molecule has 9 heteroatoms. The van der Waals surface area contributed by atoms with Crippen molar-refractivity contribution in [3.05, 3.63) is 45.1 Å². The zero-order valence-electron chi connectivity index (χ0n) is 15.5. The fraction of sp³-hybridized carbons (Fsp3) is 0.389. The van der Waals surface area contributed by atoms with Gasteiger partial charge in [-0.15, -0.1) is 11.3 Å². The van der Waals surface area contributed by atoms with E-state index in [4.69, 9.17) is 16.3 Å². The largest absolute Gasteiger partial charge is 0.449 e. The number of carbonyl (C=O) groups is 1. The van der Waals surface area contributed by atoms with Gasteiger partial charge < -0.3 is 9.64 Å². The first-order chi connectivity index (χ1) is 12.8. The molecule has 6 nitrogen and oxygen atoms in total. The summed E-state index contributed by atoms with van der Waals surface area (Å²) >= 11 is 7.42. The zero-order chi connectivity index (χ0) is 20.0. The van der Waals surface area contributed by atoms with Crippen molar-refractivity contribution in [2.24, 2.45) is 0 Å². The summed E-state index contributed by atoms with van der Waals surface area (Å²) in [5.74, 6) is 0. The Morgan fingerprint density at radius 2 is 1.96 bits per heavy atom. The molecule has 1 N–H and O–H groups in total. The van der Waals surface area contributed by atoms with Crippen molar-refractivity contribution < 1.29 is 17.9 Å². The van der Waals surface area contributed by atoms with Crippen molar-refractivity contribution in [1.29, 1.82) is 0 Å². The van der Waals surface area contributed by atoms with E-state index in [1.54, 1.807) is 29.3 Å². The number of rotatable bonds is 8. The molecule has 1 aromatic heterocycles. The lowest BCUT2D eigenvalue weighted by molar-refractivity contribution is 0.107. The average molecular weight is 431 g/mol. The molecule has 1 aromatic carbocycles. The van der Waals surface area contributed by atoms with Crippen LogP contribution in [0.25, 0.3) is 0 Å². The van der Waals surface area contributed by atoms with E-state index in [1.807, 2.05) is 19.2 Å². The van der Waals surface area contributed by atoms with Crippen molar-refractivity contribution in [2.75, 3.05) is 24.4 Å². The van der Waals surface area contributed by atoms with E-state index < -0.39 is 10.0 Å². The standard InChI is InChI=1S/C18H23ClN2O4S2/c1-4-21(5-2)18(22)25-10-9-14-11-26-12-16(14)20-27(23,24)17-8-6-7-15(19)13(17)3/h6-8,11-12,20H,4-5,9-10H2,1-3H3. The summed E-state index contributed by atoms with van der Waals surface area (Å²) in [7, 11) is -3.77.